The van der Waals surface area contributed by atoms with E-state index in [4.69, 9.17) is 5.73 Å². The number of primary amides is 1. The normalized spacial score (nSPS) is 10.7. The minimum absolute atomic E-state index is 0.529. The molecule has 2 amide bonds. The molecule has 0 bridgehead atoms. The first-order valence-corrected chi connectivity index (χ1v) is 8.46. The average Bonchev–Trinajstić information content (AvgIpc) is 2.87. The van der Waals surface area contributed by atoms with E-state index < -0.39 is 6.03 Å². The van der Waals surface area contributed by atoms with Crippen molar-refractivity contribution in [3.63, 3.8) is 0 Å². The van der Waals surface area contributed by atoms with Crippen LogP contribution in [0.2, 0.25) is 0 Å². The molecule has 0 saturated carbocycles. The molecule has 4 heteroatoms. The van der Waals surface area contributed by atoms with Crippen molar-refractivity contribution in [2.75, 3.05) is 5.32 Å². The average molecular weight is 313 g/mol. The molecule has 124 valence electrons. The summed E-state index contributed by atoms with van der Waals surface area (Å²) in [5, 5.41) is 2.64. The maximum atomic E-state index is 11.0. The number of carbonyl (C=O) groups excluding carboxylic acids is 1. The van der Waals surface area contributed by atoms with Crippen LogP contribution in [0.4, 0.5) is 10.5 Å². The summed E-state index contributed by atoms with van der Waals surface area (Å²) >= 11 is 0. The van der Waals surface area contributed by atoms with Crippen molar-refractivity contribution in [2.24, 2.45) is 5.73 Å². The van der Waals surface area contributed by atoms with Crippen LogP contribution in [0.15, 0.2) is 36.4 Å². The quantitative estimate of drug-likeness (QED) is 0.749. The van der Waals surface area contributed by atoms with Crippen LogP contribution in [0.3, 0.4) is 0 Å². The number of benzene rings is 1. The first-order valence-electron chi connectivity index (χ1n) is 8.46. The molecule has 0 spiro atoms. The number of hydrogen-bond donors (Lipinski definition) is 2. The van der Waals surface area contributed by atoms with Crippen LogP contribution >= 0.6 is 0 Å². The molecule has 2 rings (SSSR count). The zero-order chi connectivity index (χ0) is 16.7. The first-order chi connectivity index (χ1) is 11.1. The lowest BCUT2D eigenvalue weighted by Crippen LogP contribution is -2.19. The Morgan fingerprint density at radius 2 is 1.91 bits per heavy atom. The van der Waals surface area contributed by atoms with Gasteiger partial charge in [-0.25, -0.2) is 4.79 Å². The van der Waals surface area contributed by atoms with Crippen LogP contribution in [0, 0.1) is 0 Å². The summed E-state index contributed by atoms with van der Waals surface area (Å²) in [6, 6.07) is 11.8. The minimum atomic E-state index is -0.529. The molecule has 0 saturated heterocycles. The van der Waals surface area contributed by atoms with Crippen LogP contribution in [-0.4, -0.2) is 10.6 Å². The topological polar surface area (TPSA) is 60.0 Å². The van der Waals surface area contributed by atoms with Gasteiger partial charge in [-0.2, -0.15) is 0 Å². The number of aromatic nitrogens is 1. The number of hydrogen-bond acceptors (Lipinski definition) is 1. The van der Waals surface area contributed by atoms with Crippen LogP contribution in [0.5, 0.6) is 0 Å². The van der Waals surface area contributed by atoms with E-state index in [0.29, 0.717) is 0 Å². The number of unbranched alkanes of at least 4 members (excludes halogenated alkanes) is 1. The summed E-state index contributed by atoms with van der Waals surface area (Å²) in [7, 11) is 0. The number of nitrogens with one attached hydrogen (secondary N) is 1. The van der Waals surface area contributed by atoms with Gasteiger partial charge in [0.15, 0.2) is 0 Å². The molecule has 0 unspecified atom stereocenters. The number of aryl methyl sites for hydroxylation is 1. The summed E-state index contributed by atoms with van der Waals surface area (Å²) in [4.78, 5) is 11.0. The van der Waals surface area contributed by atoms with Gasteiger partial charge in [0.2, 0.25) is 0 Å². The van der Waals surface area contributed by atoms with E-state index in [-0.39, 0.29) is 0 Å². The molecule has 0 atom stereocenters. The Kier molecular flexibility index (Phi) is 6.27. The SMILES string of the molecule is CCCCc1ccc(Cc2cccc(NC(N)=O)c2)n1CCC. The predicted molar refractivity (Wildman–Crippen MR) is 95.8 cm³/mol. The van der Waals surface area contributed by atoms with Gasteiger partial charge < -0.3 is 15.6 Å². The second-order valence-corrected chi connectivity index (χ2v) is 5.94. The van der Waals surface area contributed by atoms with Gasteiger partial charge in [0, 0.05) is 30.0 Å². The molecular weight excluding hydrogens is 286 g/mol. The van der Waals surface area contributed by atoms with Gasteiger partial charge in [0.1, 0.15) is 0 Å². The van der Waals surface area contributed by atoms with Crippen molar-refractivity contribution in [2.45, 2.75) is 52.5 Å². The highest BCUT2D eigenvalue weighted by Gasteiger charge is 2.09. The second-order valence-electron chi connectivity index (χ2n) is 5.94. The molecule has 1 aromatic carbocycles. The van der Waals surface area contributed by atoms with E-state index in [0.717, 1.165) is 31.5 Å². The third-order valence-electron chi connectivity index (χ3n) is 3.97. The molecule has 1 heterocycles. The fourth-order valence-corrected chi connectivity index (χ4v) is 2.91. The Morgan fingerprint density at radius 1 is 1.13 bits per heavy atom. The van der Waals surface area contributed by atoms with Crippen molar-refractivity contribution >= 4 is 11.7 Å². The molecule has 0 aliphatic carbocycles. The third-order valence-corrected chi connectivity index (χ3v) is 3.97. The molecule has 0 radical (unpaired) electrons. The number of nitrogens with zero attached hydrogens (tertiary/aromatic N) is 1. The number of carbonyl (C=O) groups is 1. The molecular formula is C19H27N3O. The second kappa shape index (κ2) is 8.42. The van der Waals surface area contributed by atoms with Crippen LogP contribution in [0.1, 0.15) is 50.1 Å². The van der Waals surface area contributed by atoms with Crippen LogP contribution < -0.4 is 11.1 Å². The Bertz CT molecular complexity index is 646. The number of anilines is 1. The molecule has 0 fully saturated rings. The van der Waals surface area contributed by atoms with E-state index in [1.54, 1.807) is 0 Å². The number of nitrogens with two attached hydrogens (primary N) is 1. The lowest BCUT2D eigenvalue weighted by molar-refractivity contribution is 0.259. The number of amides is 2. The molecule has 23 heavy (non-hydrogen) atoms. The van der Waals surface area contributed by atoms with Crippen molar-refractivity contribution in [3.05, 3.63) is 53.3 Å². The highest BCUT2D eigenvalue weighted by Crippen LogP contribution is 2.19. The fraction of sp³-hybridized carbons (Fsp3) is 0.421. The standard InChI is InChI=1S/C19H27N3O/c1-3-5-9-17-10-11-18(22(17)12-4-2)14-15-7-6-8-16(13-15)21-19(20)23/h6-8,10-11,13H,3-5,9,12,14H2,1-2H3,(H3,20,21,23). The molecule has 4 nitrogen and oxygen atoms in total. The van der Waals surface area contributed by atoms with Gasteiger partial charge in [0.05, 0.1) is 0 Å². The minimum Gasteiger partial charge on any atom is -0.351 e. The van der Waals surface area contributed by atoms with Crippen molar-refractivity contribution in [3.8, 4) is 0 Å². The highest BCUT2D eigenvalue weighted by molar-refractivity contribution is 5.87. The summed E-state index contributed by atoms with van der Waals surface area (Å²) < 4.78 is 2.45. The van der Waals surface area contributed by atoms with Gasteiger partial charge in [-0.15, -0.1) is 0 Å². The number of urea groups is 1. The van der Waals surface area contributed by atoms with Gasteiger partial charge in [-0.3, -0.25) is 0 Å². The Labute approximate surface area is 138 Å². The zero-order valence-electron chi connectivity index (χ0n) is 14.1. The molecule has 0 aliphatic rings. The van der Waals surface area contributed by atoms with Crippen molar-refractivity contribution in [1.29, 1.82) is 0 Å². The van der Waals surface area contributed by atoms with E-state index in [1.165, 1.54) is 29.8 Å². The van der Waals surface area contributed by atoms with Crippen molar-refractivity contribution in [1.82, 2.24) is 4.57 Å². The van der Waals surface area contributed by atoms with Crippen LogP contribution in [-0.2, 0) is 19.4 Å². The zero-order valence-corrected chi connectivity index (χ0v) is 14.1. The maximum absolute atomic E-state index is 11.0. The largest absolute Gasteiger partial charge is 0.351 e. The predicted octanol–water partition coefficient (Wildman–Crippen LogP) is 4.32. The lowest BCUT2D eigenvalue weighted by atomic mass is 10.1. The van der Waals surface area contributed by atoms with Gasteiger partial charge in [-0.1, -0.05) is 32.4 Å². The molecule has 1 aromatic heterocycles. The van der Waals surface area contributed by atoms with Crippen molar-refractivity contribution < 1.29 is 4.79 Å². The molecule has 0 aliphatic heterocycles. The van der Waals surface area contributed by atoms with E-state index in [9.17, 15) is 4.79 Å². The fourth-order valence-electron chi connectivity index (χ4n) is 2.91. The summed E-state index contributed by atoms with van der Waals surface area (Å²) in [6.45, 7) is 5.50. The maximum Gasteiger partial charge on any atom is 0.316 e. The Morgan fingerprint density at radius 3 is 2.61 bits per heavy atom. The lowest BCUT2D eigenvalue weighted by Gasteiger charge is -2.13. The molecule has 3 N–H and O–H groups in total. The van der Waals surface area contributed by atoms with Gasteiger partial charge >= 0.3 is 6.03 Å². The monoisotopic (exact) mass is 313 g/mol. The van der Waals surface area contributed by atoms with Crippen LogP contribution in [0.25, 0.3) is 0 Å². The summed E-state index contributed by atoms with van der Waals surface area (Å²) in [5.41, 5.74) is 9.86. The third kappa shape index (κ3) is 4.88. The van der Waals surface area contributed by atoms with E-state index >= 15 is 0 Å². The Balaban J connectivity index is 2.18. The summed E-state index contributed by atoms with van der Waals surface area (Å²) in [6.07, 6.45) is 5.57. The van der Waals surface area contributed by atoms with Gasteiger partial charge in [-0.05, 0) is 49.1 Å². The summed E-state index contributed by atoms with van der Waals surface area (Å²) in [5.74, 6) is 0. The van der Waals surface area contributed by atoms with Gasteiger partial charge in [0.25, 0.3) is 0 Å². The smallest absolute Gasteiger partial charge is 0.316 e. The Hall–Kier alpha value is -2.23. The van der Waals surface area contributed by atoms with E-state index in [2.05, 4.69) is 41.9 Å². The number of rotatable bonds is 8. The highest BCUT2D eigenvalue weighted by atomic mass is 16.2. The molecule has 2 aromatic rings. The van der Waals surface area contributed by atoms with E-state index in [1.807, 2.05) is 18.2 Å². The first kappa shape index (κ1) is 17.1.